The first-order valence-electron chi connectivity index (χ1n) is 7.40. The minimum atomic E-state index is -0.349. The third-order valence-corrected chi connectivity index (χ3v) is 4.11. The fraction of sp³-hybridized carbons (Fsp3) is 0.625. The summed E-state index contributed by atoms with van der Waals surface area (Å²) in [6.07, 6.45) is 4.73. The van der Waals surface area contributed by atoms with Crippen molar-refractivity contribution in [1.29, 1.82) is 0 Å². The van der Waals surface area contributed by atoms with Crippen molar-refractivity contribution < 1.29 is 14.2 Å². The van der Waals surface area contributed by atoms with Gasteiger partial charge in [0.25, 0.3) is 0 Å². The Labute approximate surface area is 120 Å². The molecule has 3 unspecified atom stereocenters. The third kappa shape index (κ3) is 3.49. The summed E-state index contributed by atoms with van der Waals surface area (Å²) in [6, 6.07) is 4.69. The minimum Gasteiger partial charge on any atom is -0.496 e. The number of aliphatic hydroxyl groups excluding tert-OH is 1. The first kappa shape index (κ1) is 15.3. The van der Waals surface area contributed by atoms with Crippen LogP contribution in [0.1, 0.15) is 50.6 Å². The van der Waals surface area contributed by atoms with Crippen molar-refractivity contribution in [2.45, 2.75) is 57.2 Å². The summed E-state index contributed by atoms with van der Waals surface area (Å²) >= 11 is 0. The molecule has 1 fully saturated rings. The zero-order chi connectivity index (χ0) is 14.5. The monoisotopic (exact) mass is 281 g/mol. The van der Waals surface area contributed by atoms with Crippen LogP contribution in [0.15, 0.2) is 18.2 Å². The van der Waals surface area contributed by atoms with Crippen molar-refractivity contribution in [3.05, 3.63) is 29.6 Å². The van der Waals surface area contributed by atoms with Gasteiger partial charge in [0.1, 0.15) is 11.6 Å². The number of hydrogen-bond donors (Lipinski definition) is 2. The van der Waals surface area contributed by atoms with Crippen molar-refractivity contribution in [1.82, 2.24) is 5.32 Å². The van der Waals surface area contributed by atoms with Gasteiger partial charge in [-0.1, -0.05) is 25.3 Å². The maximum Gasteiger partial charge on any atom is 0.131 e. The Morgan fingerprint density at radius 3 is 2.80 bits per heavy atom. The molecule has 1 aliphatic rings. The molecule has 2 rings (SSSR count). The fourth-order valence-corrected chi connectivity index (χ4v) is 3.00. The molecule has 20 heavy (non-hydrogen) atoms. The molecule has 4 heteroatoms. The first-order valence-corrected chi connectivity index (χ1v) is 7.40. The van der Waals surface area contributed by atoms with Crippen LogP contribution in [0, 0.1) is 5.82 Å². The molecule has 1 aromatic rings. The number of aliphatic hydroxyl groups is 1. The highest BCUT2D eigenvalue weighted by Gasteiger charge is 2.25. The van der Waals surface area contributed by atoms with E-state index in [1.807, 2.05) is 6.92 Å². The lowest BCUT2D eigenvalue weighted by molar-refractivity contribution is 0.114. The molecule has 0 saturated heterocycles. The summed E-state index contributed by atoms with van der Waals surface area (Å²) in [7, 11) is 1.55. The van der Waals surface area contributed by atoms with E-state index in [9.17, 15) is 9.50 Å². The van der Waals surface area contributed by atoms with Crippen LogP contribution < -0.4 is 10.1 Å². The smallest absolute Gasteiger partial charge is 0.131 e. The van der Waals surface area contributed by atoms with E-state index in [0.29, 0.717) is 11.3 Å². The van der Waals surface area contributed by atoms with Gasteiger partial charge in [0.15, 0.2) is 0 Å². The van der Waals surface area contributed by atoms with Crippen molar-refractivity contribution in [3.63, 3.8) is 0 Å². The molecule has 0 aromatic heterocycles. The van der Waals surface area contributed by atoms with E-state index in [2.05, 4.69) is 5.32 Å². The molecule has 3 atom stereocenters. The summed E-state index contributed by atoms with van der Waals surface area (Å²) in [5.41, 5.74) is 0.534. The van der Waals surface area contributed by atoms with Crippen LogP contribution in [0.5, 0.6) is 5.75 Å². The highest BCUT2D eigenvalue weighted by atomic mass is 19.1. The summed E-state index contributed by atoms with van der Waals surface area (Å²) in [4.78, 5) is 0. The lowest BCUT2D eigenvalue weighted by atomic mass is 10.0. The fourth-order valence-electron chi connectivity index (χ4n) is 3.00. The predicted octanol–water partition coefficient (Wildman–Crippen LogP) is 3.18. The molecule has 3 nitrogen and oxygen atoms in total. The Morgan fingerprint density at radius 2 is 2.05 bits per heavy atom. The summed E-state index contributed by atoms with van der Waals surface area (Å²) < 4.78 is 19.3. The van der Waals surface area contributed by atoms with E-state index in [1.54, 1.807) is 19.2 Å². The second kappa shape index (κ2) is 7.04. The molecule has 0 aliphatic heterocycles. The van der Waals surface area contributed by atoms with Gasteiger partial charge in [-0.25, -0.2) is 4.39 Å². The minimum absolute atomic E-state index is 0.0248. The average Bonchev–Trinajstić information content (AvgIpc) is 2.63. The Kier molecular flexibility index (Phi) is 5.38. The predicted molar refractivity (Wildman–Crippen MR) is 77.4 cm³/mol. The van der Waals surface area contributed by atoms with Crippen LogP contribution >= 0.6 is 0 Å². The maximum absolute atomic E-state index is 14.0. The molecule has 1 saturated carbocycles. The van der Waals surface area contributed by atoms with Crippen LogP contribution in [0.4, 0.5) is 4.39 Å². The van der Waals surface area contributed by atoms with E-state index in [4.69, 9.17) is 4.74 Å². The Hall–Kier alpha value is -1.13. The van der Waals surface area contributed by atoms with Crippen molar-refractivity contribution in [2.75, 3.05) is 7.11 Å². The van der Waals surface area contributed by atoms with Gasteiger partial charge in [-0.15, -0.1) is 0 Å². The van der Waals surface area contributed by atoms with Gasteiger partial charge in [-0.3, -0.25) is 0 Å². The van der Waals surface area contributed by atoms with Crippen LogP contribution in [0.25, 0.3) is 0 Å². The molecule has 0 amide bonds. The average molecular weight is 281 g/mol. The standard InChI is InChI=1S/C16H24FNO2/c1-11(16-12(17)7-6-10-15(16)20-2)18-13-8-4-3-5-9-14(13)19/h6-7,10-11,13-14,18-19H,3-5,8-9H2,1-2H3. The lowest BCUT2D eigenvalue weighted by Gasteiger charge is -2.27. The normalized spacial score (nSPS) is 25.0. The number of benzene rings is 1. The van der Waals surface area contributed by atoms with Gasteiger partial charge in [0.05, 0.1) is 13.2 Å². The van der Waals surface area contributed by atoms with E-state index in [0.717, 1.165) is 32.1 Å². The van der Waals surface area contributed by atoms with E-state index in [1.165, 1.54) is 6.07 Å². The number of ether oxygens (including phenoxy) is 1. The molecule has 1 aliphatic carbocycles. The second-order valence-corrected chi connectivity index (χ2v) is 5.56. The van der Waals surface area contributed by atoms with Gasteiger partial charge in [0.2, 0.25) is 0 Å². The number of nitrogens with one attached hydrogen (secondary N) is 1. The SMILES string of the molecule is COc1cccc(F)c1C(C)NC1CCCCCC1O. The van der Waals surface area contributed by atoms with Gasteiger partial charge in [0, 0.05) is 17.6 Å². The highest BCUT2D eigenvalue weighted by molar-refractivity contribution is 5.37. The van der Waals surface area contributed by atoms with Crippen LogP contribution in [0.2, 0.25) is 0 Å². The van der Waals surface area contributed by atoms with Crippen molar-refractivity contribution in [3.8, 4) is 5.75 Å². The maximum atomic E-state index is 14.0. The van der Waals surface area contributed by atoms with E-state index >= 15 is 0 Å². The molecule has 2 N–H and O–H groups in total. The molecular formula is C16H24FNO2. The Morgan fingerprint density at radius 1 is 1.30 bits per heavy atom. The third-order valence-electron chi connectivity index (χ3n) is 4.11. The summed E-state index contributed by atoms with van der Waals surface area (Å²) in [5.74, 6) is 0.278. The van der Waals surface area contributed by atoms with Crippen molar-refractivity contribution in [2.24, 2.45) is 0 Å². The molecule has 1 aromatic carbocycles. The number of methoxy groups -OCH3 is 1. The molecule has 0 radical (unpaired) electrons. The van der Waals surface area contributed by atoms with Crippen LogP contribution in [-0.2, 0) is 0 Å². The van der Waals surface area contributed by atoms with Gasteiger partial charge in [-0.2, -0.15) is 0 Å². The summed E-state index contributed by atoms with van der Waals surface area (Å²) in [6.45, 7) is 1.92. The molecule has 0 bridgehead atoms. The van der Waals surface area contributed by atoms with Crippen molar-refractivity contribution >= 4 is 0 Å². The number of halogens is 1. The van der Waals surface area contributed by atoms with Crippen LogP contribution in [-0.4, -0.2) is 24.4 Å². The quantitative estimate of drug-likeness (QED) is 0.833. The summed E-state index contributed by atoms with van der Waals surface area (Å²) in [5, 5.41) is 13.5. The van der Waals surface area contributed by atoms with Gasteiger partial charge in [-0.05, 0) is 31.9 Å². The second-order valence-electron chi connectivity index (χ2n) is 5.56. The zero-order valence-electron chi connectivity index (χ0n) is 12.2. The highest BCUT2D eigenvalue weighted by Crippen LogP contribution is 2.29. The largest absolute Gasteiger partial charge is 0.496 e. The van der Waals surface area contributed by atoms with E-state index < -0.39 is 0 Å². The number of hydrogen-bond acceptors (Lipinski definition) is 3. The number of rotatable bonds is 4. The first-order chi connectivity index (χ1) is 9.63. The van der Waals surface area contributed by atoms with Gasteiger partial charge >= 0.3 is 0 Å². The Bertz CT molecular complexity index is 438. The van der Waals surface area contributed by atoms with E-state index in [-0.39, 0.29) is 24.0 Å². The van der Waals surface area contributed by atoms with Gasteiger partial charge < -0.3 is 15.2 Å². The molecule has 0 heterocycles. The molecule has 0 spiro atoms. The lowest BCUT2D eigenvalue weighted by Crippen LogP contribution is -2.40. The Balaban J connectivity index is 2.13. The van der Waals surface area contributed by atoms with Crippen LogP contribution in [0.3, 0.4) is 0 Å². The topological polar surface area (TPSA) is 41.5 Å². The molecular weight excluding hydrogens is 257 g/mol. The zero-order valence-corrected chi connectivity index (χ0v) is 12.2. The molecule has 112 valence electrons.